The van der Waals surface area contributed by atoms with Crippen LogP contribution in [0.15, 0.2) is 23.6 Å². The SMILES string of the molecule is CC1c2ccsc2CCN1CCNCc1ccc(Cl)s1. The van der Waals surface area contributed by atoms with Gasteiger partial charge in [-0.15, -0.1) is 22.7 Å². The molecule has 2 nitrogen and oxygen atoms in total. The van der Waals surface area contributed by atoms with Crippen LogP contribution in [-0.2, 0) is 13.0 Å². The molecule has 0 saturated heterocycles. The van der Waals surface area contributed by atoms with Crippen LogP contribution < -0.4 is 5.32 Å². The van der Waals surface area contributed by atoms with Crippen molar-refractivity contribution in [3.8, 4) is 0 Å². The highest BCUT2D eigenvalue weighted by molar-refractivity contribution is 7.16. The lowest BCUT2D eigenvalue weighted by Gasteiger charge is -2.33. The van der Waals surface area contributed by atoms with Crippen molar-refractivity contribution in [1.82, 2.24) is 10.2 Å². The van der Waals surface area contributed by atoms with Gasteiger partial charge in [-0.3, -0.25) is 4.90 Å². The van der Waals surface area contributed by atoms with Crippen LogP contribution >= 0.6 is 34.3 Å². The number of halogens is 1. The number of hydrogen-bond donors (Lipinski definition) is 1. The summed E-state index contributed by atoms with van der Waals surface area (Å²) in [7, 11) is 0. The van der Waals surface area contributed by atoms with E-state index >= 15 is 0 Å². The van der Waals surface area contributed by atoms with Crippen LogP contribution in [0.25, 0.3) is 0 Å². The van der Waals surface area contributed by atoms with Crippen molar-refractivity contribution in [1.29, 1.82) is 0 Å². The standard InChI is InChI=1S/C15H19ClN2S2/c1-11-13-5-9-19-14(13)4-7-18(11)8-6-17-10-12-2-3-15(16)20-12/h2-3,5,9,11,17H,4,6-8,10H2,1H3. The first-order valence-corrected chi connectivity index (χ1v) is 9.06. The zero-order valence-corrected chi connectivity index (χ0v) is 14.0. The van der Waals surface area contributed by atoms with E-state index in [1.54, 1.807) is 16.2 Å². The Morgan fingerprint density at radius 2 is 2.30 bits per heavy atom. The van der Waals surface area contributed by atoms with Crippen LogP contribution in [0, 0.1) is 0 Å². The number of thiophene rings is 2. The van der Waals surface area contributed by atoms with Crippen LogP contribution in [0.5, 0.6) is 0 Å². The molecule has 1 aliphatic rings. The molecule has 1 unspecified atom stereocenters. The Bertz CT molecular complexity index is 564. The molecule has 20 heavy (non-hydrogen) atoms. The predicted octanol–water partition coefficient (Wildman–Crippen LogP) is 4.17. The highest BCUT2D eigenvalue weighted by Gasteiger charge is 2.23. The average molecular weight is 327 g/mol. The summed E-state index contributed by atoms with van der Waals surface area (Å²) in [5.74, 6) is 0. The van der Waals surface area contributed by atoms with Gasteiger partial charge in [-0.2, -0.15) is 0 Å². The zero-order chi connectivity index (χ0) is 13.9. The van der Waals surface area contributed by atoms with Gasteiger partial charge in [-0.1, -0.05) is 11.6 Å². The van der Waals surface area contributed by atoms with Gasteiger partial charge in [0.1, 0.15) is 0 Å². The summed E-state index contributed by atoms with van der Waals surface area (Å²) in [5.41, 5.74) is 1.53. The molecule has 0 spiro atoms. The van der Waals surface area contributed by atoms with Gasteiger partial charge in [0.05, 0.1) is 4.34 Å². The minimum absolute atomic E-state index is 0.558. The number of rotatable bonds is 5. The molecule has 3 heterocycles. The maximum atomic E-state index is 5.93. The highest BCUT2D eigenvalue weighted by atomic mass is 35.5. The molecule has 5 heteroatoms. The quantitative estimate of drug-likeness (QED) is 0.829. The van der Waals surface area contributed by atoms with Crippen LogP contribution in [0.4, 0.5) is 0 Å². The fourth-order valence-corrected chi connectivity index (χ4v) is 4.77. The summed E-state index contributed by atoms with van der Waals surface area (Å²) in [5, 5.41) is 5.74. The molecule has 0 fully saturated rings. The molecule has 1 aliphatic heterocycles. The van der Waals surface area contributed by atoms with Crippen molar-refractivity contribution in [2.45, 2.75) is 25.9 Å². The average Bonchev–Trinajstić information content (AvgIpc) is 3.06. The van der Waals surface area contributed by atoms with Crippen LogP contribution in [0.3, 0.4) is 0 Å². The third kappa shape index (κ3) is 3.26. The van der Waals surface area contributed by atoms with E-state index in [1.807, 2.05) is 17.4 Å². The summed E-state index contributed by atoms with van der Waals surface area (Å²) in [6.07, 6.45) is 1.21. The van der Waals surface area contributed by atoms with Gasteiger partial charge in [-0.25, -0.2) is 0 Å². The van der Waals surface area contributed by atoms with Crippen molar-refractivity contribution in [3.05, 3.63) is 43.2 Å². The Balaban J connectivity index is 1.45. The fraction of sp³-hybridized carbons (Fsp3) is 0.467. The van der Waals surface area contributed by atoms with Crippen molar-refractivity contribution in [3.63, 3.8) is 0 Å². The Hall–Kier alpha value is -0.390. The monoisotopic (exact) mass is 326 g/mol. The number of hydrogen-bond acceptors (Lipinski definition) is 4. The molecule has 0 amide bonds. The minimum atomic E-state index is 0.558. The molecule has 2 aromatic rings. The third-order valence-corrected chi connectivity index (χ3v) is 6.14. The van der Waals surface area contributed by atoms with E-state index in [0.29, 0.717) is 6.04 Å². The first kappa shape index (κ1) is 14.5. The lowest BCUT2D eigenvalue weighted by molar-refractivity contribution is 0.201. The second-order valence-electron chi connectivity index (χ2n) is 5.14. The molecule has 0 radical (unpaired) electrons. The largest absolute Gasteiger partial charge is 0.311 e. The maximum Gasteiger partial charge on any atom is 0.0931 e. The molecule has 0 bridgehead atoms. The van der Waals surface area contributed by atoms with E-state index in [1.165, 1.54) is 23.4 Å². The predicted molar refractivity (Wildman–Crippen MR) is 89.0 cm³/mol. The first-order chi connectivity index (χ1) is 9.74. The van der Waals surface area contributed by atoms with Crippen molar-refractivity contribution < 1.29 is 0 Å². The summed E-state index contributed by atoms with van der Waals surface area (Å²) in [6, 6.07) is 6.91. The molecule has 0 aliphatic carbocycles. The van der Waals surface area contributed by atoms with Gasteiger partial charge in [-0.05, 0) is 42.5 Å². The first-order valence-electron chi connectivity index (χ1n) is 6.99. The molecule has 3 rings (SSSR count). The lowest BCUT2D eigenvalue weighted by Crippen LogP contribution is -2.37. The topological polar surface area (TPSA) is 15.3 Å². The number of nitrogens with one attached hydrogen (secondary N) is 1. The Morgan fingerprint density at radius 3 is 3.10 bits per heavy atom. The smallest absolute Gasteiger partial charge is 0.0931 e. The minimum Gasteiger partial charge on any atom is -0.311 e. The van der Waals surface area contributed by atoms with Gasteiger partial charge >= 0.3 is 0 Å². The summed E-state index contributed by atoms with van der Waals surface area (Å²) in [6.45, 7) is 6.56. The van der Waals surface area contributed by atoms with Crippen molar-refractivity contribution in [2.24, 2.45) is 0 Å². The molecule has 1 N–H and O–H groups in total. The molecule has 108 valence electrons. The van der Waals surface area contributed by atoms with Gasteiger partial charge in [0.25, 0.3) is 0 Å². The highest BCUT2D eigenvalue weighted by Crippen LogP contribution is 2.32. The van der Waals surface area contributed by atoms with Gasteiger partial charge in [0.2, 0.25) is 0 Å². The van der Waals surface area contributed by atoms with Crippen LogP contribution in [0.1, 0.15) is 28.3 Å². The molecule has 0 saturated carbocycles. The number of nitrogens with zero attached hydrogens (tertiary/aromatic N) is 1. The van der Waals surface area contributed by atoms with E-state index < -0.39 is 0 Å². The van der Waals surface area contributed by atoms with E-state index in [-0.39, 0.29) is 0 Å². The summed E-state index contributed by atoms with van der Waals surface area (Å²) < 4.78 is 0.872. The third-order valence-electron chi connectivity index (χ3n) is 3.91. The Labute approximate surface area is 133 Å². The van der Waals surface area contributed by atoms with E-state index in [2.05, 4.69) is 34.7 Å². The molecular formula is C15H19ClN2S2. The van der Waals surface area contributed by atoms with Crippen molar-refractivity contribution in [2.75, 3.05) is 19.6 Å². The molecule has 1 atom stereocenters. The lowest BCUT2D eigenvalue weighted by atomic mass is 10.0. The Kier molecular flexibility index (Phi) is 4.79. The summed E-state index contributed by atoms with van der Waals surface area (Å²) >= 11 is 9.50. The summed E-state index contributed by atoms with van der Waals surface area (Å²) in [4.78, 5) is 5.46. The second kappa shape index (κ2) is 6.58. The second-order valence-corrected chi connectivity index (χ2v) is 7.94. The van der Waals surface area contributed by atoms with Gasteiger partial charge in [0.15, 0.2) is 0 Å². The van der Waals surface area contributed by atoms with E-state index in [9.17, 15) is 0 Å². The van der Waals surface area contributed by atoms with Gasteiger partial charge < -0.3 is 5.32 Å². The number of fused-ring (bicyclic) bond motifs is 1. The Morgan fingerprint density at radius 1 is 1.40 bits per heavy atom. The normalized spacial score (nSPS) is 19.2. The molecule has 2 aromatic heterocycles. The van der Waals surface area contributed by atoms with Crippen LogP contribution in [-0.4, -0.2) is 24.5 Å². The van der Waals surface area contributed by atoms with Crippen LogP contribution in [0.2, 0.25) is 4.34 Å². The van der Waals surface area contributed by atoms with Crippen molar-refractivity contribution >= 4 is 34.3 Å². The van der Waals surface area contributed by atoms with Gasteiger partial charge in [0, 0.05) is 42.0 Å². The van der Waals surface area contributed by atoms with E-state index in [4.69, 9.17) is 11.6 Å². The zero-order valence-electron chi connectivity index (χ0n) is 11.6. The molecule has 0 aromatic carbocycles. The fourth-order valence-electron chi connectivity index (χ4n) is 2.75. The molecular weight excluding hydrogens is 308 g/mol. The van der Waals surface area contributed by atoms with E-state index in [0.717, 1.165) is 24.0 Å². The maximum absolute atomic E-state index is 5.93.